The fourth-order valence-corrected chi connectivity index (χ4v) is 3.40. The van der Waals surface area contributed by atoms with E-state index in [0.717, 1.165) is 48.7 Å². The predicted molar refractivity (Wildman–Crippen MR) is 87.6 cm³/mol. The number of hydrogen-bond donors (Lipinski definition) is 0. The van der Waals surface area contributed by atoms with Gasteiger partial charge in [0, 0.05) is 25.1 Å². The number of hydrogen-bond acceptors (Lipinski definition) is 5. The number of fused-ring (bicyclic) bond motifs is 1. The molecule has 1 aliphatic carbocycles. The van der Waals surface area contributed by atoms with Gasteiger partial charge in [-0.3, -0.25) is 9.78 Å². The molecule has 0 bridgehead atoms. The molecule has 0 spiro atoms. The molecule has 120 valence electrons. The second-order valence-corrected chi connectivity index (χ2v) is 6.63. The van der Waals surface area contributed by atoms with Gasteiger partial charge in [0.15, 0.2) is 0 Å². The van der Waals surface area contributed by atoms with Crippen LogP contribution >= 0.6 is 0 Å². The molecule has 0 amide bonds. The molecule has 3 heterocycles. The smallest absolute Gasteiger partial charge is 0.267 e. The summed E-state index contributed by atoms with van der Waals surface area (Å²) in [5.74, 6) is 1.36. The Balaban J connectivity index is 1.42. The number of anilines is 1. The lowest BCUT2D eigenvalue weighted by molar-refractivity contribution is 0.329. The van der Waals surface area contributed by atoms with Gasteiger partial charge < -0.3 is 4.90 Å². The third kappa shape index (κ3) is 2.85. The molecule has 0 aromatic carbocycles. The summed E-state index contributed by atoms with van der Waals surface area (Å²) in [6.45, 7) is 4.44. The molecule has 0 saturated carbocycles. The molecule has 23 heavy (non-hydrogen) atoms. The molecule has 0 atom stereocenters. The van der Waals surface area contributed by atoms with Crippen LogP contribution in [0.2, 0.25) is 0 Å². The van der Waals surface area contributed by atoms with Gasteiger partial charge in [-0.15, -0.1) is 0 Å². The lowest BCUT2D eigenvalue weighted by Crippen LogP contribution is -2.50. The third-order valence-corrected chi connectivity index (χ3v) is 4.75. The summed E-state index contributed by atoms with van der Waals surface area (Å²) in [5.41, 5.74) is 3.24. The Morgan fingerprint density at radius 3 is 2.78 bits per heavy atom. The Kier molecular flexibility index (Phi) is 3.59. The summed E-state index contributed by atoms with van der Waals surface area (Å²) >= 11 is 0. The van der Waals surface area contributed by atoms with Crippen molar-refractivity contribution in [2.75, 3.05) is 18.0 Å². The maximum atomic E-state index is 12.2. The standard InChI is InChI=1S/C17H21N5O/c1-12-7-19-16(8-18-12)21-9-13(10-21)11-22-17(23)6-14-4-2-3-5-15(14)20-22/h6-8,13H,2-5,9-11H2,1H3. The number of aryl methyl sites for hydroxylation is 3. The van der Waals surface area contributed by atoms with E-state index < -0.39 is 0 Å². The van der Waals surface area contributed by atoms with Gasteiger partial charge in [-0.1, -0.05) is 0 Å². The molecule has 1 fully saturated rings. The van der Waals surface area contributed by atoms with Gasteiger partial charge in [0.05, 0.1) is 30.3 Å². The zero-order chi connectivity index (χ0) is 15.8. The average Bonchev–Trinajstić information content (AvgIpc) is 2.52. The first-order valence-corrected chi connectivity index (χ1v) is 8.32. The van der Waals surface area contributed by atoms with Crippen LogP contribution in [0.3, 0.4) is 0 Å². The van der Waals surface area contributed by atoms with Crippen molar-refractivity contribution < 1.29 is 0 Å². The Hall–Kier alpha value is -2.24. The fraction of sp³-hybridized carbons (Fsp3) is 0.529. The Bertz CT molecular complexity index is 762. The summed E-state index contributed by atoms with van der Waals surface area (Å²) in [5, 5.41) is 4.60. The predicted octanol–water partition coefficient (Wildman–Crippen LogP) is 1.36. The van der Waals surface area contributed by atoms with Gasteiger partial charge in [0.1, 0.15) is 5.82 Å². The van der Waals surface area contributed by atoms with Crippen molar-refractivity contribution in [3.8, 4) is 0 Å². The van der Waals surface area contributed by atoms with E-state index in [1.165, 1.54) is 12.8 Å². The fourth-order valence-electron chi connectivity index (χ4n) is 3.40. The van der Waals surface area contributed by atoms with Crippen LogP contribution < -0.4 is 10.5 Å². The van der Waals surface area contributed by atoms with Gasteiger partial charge in [0.25, 0.3) is 5.56 Å². The highest BCUT2D eigenvalue weighted by molar-refractivity contribution is 5.39. The minimum Gasteiger partial charge on any atom is -0.355 e. The van der Waals surface area contributed by atoms with Gasteiger partial charge in [-0.2, -0.15) is 5.10 Å². The Labute approximate surface area is 135 Å². The second kappa shape index (κ2) is 5.76. The largest absolute Gasteiger partial charge is 0.355 e. The zero-order valence-electron chi connectivity index (χ0n) is 13.4. The van der Waals surface area contributed by atoms with Crippen LogP contribution in [0.1, 0.15) is 29.8 Å². The van der Waals surface area contributed by atoms with Gasteiger partial charge in [0.2, 0.25) is 0 Å². The maximum Gasteiger partial charge on any atom is 0.267 e. The topological polar surface area (TPSA) is 63.9 Å². The van der Waals surface area contributed by atoms with E-state index in [1.54, 1.807) is 16.9 Å². The van der Waals surface area contributed by atoms with Crippen molar-refractivity contribution in [3.05, 3.63) is 45.8 Å². The average molecular weight is 311 g/mol. The molecule has 0 unspecified atom stereocenters. The maximum absolute atomic E-state index is 12.2. The highest BCUT2D eigenvalue weighted by Gasteiger charge is 2.29. The zero-order valence-corrected chi connectivity index (χ0v) is 13.4. The minimum atomic E-state index is 0.0410. The first-order valence-electron chi connectivity index (χ1n) is 8.32. The highest BCUT2D eigenvalue weighted by Crippen LogP contribution is 2.23. The van der Waals surface area contributed by atoms with E-state index >= 15 is 0 Å². The summed E-state index contributed by atoms with van der Waals surface area (Å²) in [7, 11) is 0. The number of aromatic nitrogens is 4. The summed E-state index contributed by atoms with van der Waals surface area (Å²) in [4.78, 5) is 23.1. The van der Waals surface area contributed by atoms with E-state index in [9.17, 15) is 4.79 Å². The molecule has 2 aromatic heterocycles. The molecule has 2 aliphatic rings. The Morgan fingerprint density at radius 2 is 2.00 bits per heavy atom. The van der Waals surface area contributed by atoms with E-state index in [1.807, 2.05) is 13.1 Å². The lowest BCUT2D eigenvalue weighted by Gasteiger charge is -2.40. The van der Waals surface area contributed by atoms with Gasteiger partial charge in [-0.05, 0) is 38.2 Å². The van der Waals surface area contributed by atoms with Gasteiger partial charge >= 0.3 is 0 Å². The van der Waals surface area contributed by atoms with Crippen molar-refractivity contribution in [2.24, 2.45) is 5.92 Å². The van der Waals surface area contributed by atoms with E-state index in [4.69, 9.17) is 0 Å². The van der Waals surface area contributed by atoms with E-state index in [2.05, 4.69) is 20.0 Å². The molecule has 6 heteroatoms. The molecule has 1 aliphatic heterocycles. The molecule has 0 N–H and O–H groups in total. The molecule has 0 radical (unpaired) electrons. The molecule has 4 rings (SSSR count). The van der Waals surface area contributed by atoms with Crippen LogP contribution in [0.5, 0.6) is 0 Å². The molecule has 1 saturated heterocycles. The van der Waals surface area contributed by atoms with Gasteiger partial charge in [-0.25, -0.2) is 9.67 Å². The van der Waals surface area contributed by atoms with Crippen molar-refractivity contribution in [1.82, 2.24) is 19.7 Å². The number of nitrogens with zero attached hydrogens (tertiary/aromatic N) is 5. The van der Waals surface area contributed by atoms with Crippen LogP contribution in [0.4, 0.5) is 5.82 Å². The van der Waals surface area contributed by atoms with Crippen LogP contribution in [0.15, 0.2) is 23.3 Å². The van der Waals surface area contributed by atoms with Crippen molar-refractivity contribution in [2.45, 2.75) is 39.2 Å². The Morgan fingerprint density at radius 1 is 1.17 bits per heavy atom. The molecule has 6 nitrogen and oxygen atoms in total. The van der Waals surface area contributed by atoms with Crippen LogP contribution in [0.25, 0.3) is 0 Å². The molecule has 2 aromatic rings. The first-order chi connectivity index (χ1) is 11.2. The monoisotopic (exact) mass is 311 g/mol. The van der Waals surface area contributed by atoms with Crippen molar-refractivity contribution >= 4 is 5.82 Å². The normalized spacial score (nSPS) is 17.7. The summed E-state index contributed by atoms with van der Waals surface area (Å²) in [6.07, 6.45) is 7.97. The second-order valence-electron chi connectivity index (χ2n) is 6.63. The first kappa shape index (κ1) is 14.4. The van der Waals surface area contributed by atoms with Crippen molar-refractivity contribution in [3.63, 3.8) is 0 Å². The quantitative estimate of drug-likeness (QED) is 0.856. The lowest BCUT2D eigenvalue weighted by atomic mass is 9.96. The van der Waals surface area contributed by atoms with Crippen LogP contribution in [-0.2, 0) is 19.4 Å². The SMILES string of the molecule is Cc1cnc(N2CC(Cn3nc4c(cc3=O)CCCC4)C2)cn1. The summed E-state index contributed by atoms with van der Waals surface area (Å²) in [6, 6.07) is 1.80. The minimum absolute atomic E-state index is 0.0410. The molecular formula is C17H21N5O. The highest BCUT2D eigenvalue weighted by atomic mass is 16.1. The summed E-state index contributed by atoms with van der Waals surface area (Å²) < 4.78 is 1.66. The third-order valence-electron chi connectivity index (χ3n) is 4.75. The van der Waals surface area contributed by atoms with Crippen LogP contribution in [0, 0.1) is 12.8 Å². The van der Waals surface area contributed by atoms with Crippen LogP contribution in [-0.4, -0.2) is 32.8 Å². The number of rotatable bonds is 3. The van der Waals surface area contributed by atoms with E-state index in [0.29, 0.717) is 12.5 Å². The van der Waals surface area contributed by atoms with Crippen molar-refractivity contribution in [1.29, 1.82) is 0 Å². The molecular weight excluding hydrogens is 290 g/mol. The van der Waals surface area contributed by atoms with E-state index in [-0.39, 0.29) is 5.56 Å².